The van der Waals surface area contributed by atoms with Crippen LogP contribution in [0.25, 0.3) is 0 Å². The molecule has 2 rings (SSSR count). The highest BCUT2D eigenvalue weighted by Crippen LogP contribution is 2.29. The third kappa shape index (κ3) is 6.07. The zero-order chi connectivity index (χ0) is 21.6. The van der Waals surface area contributed by atoms with Gasteiger partial charge in [-0.3, -0.25) is 9.59 Å². The summed E-state index contributed by atoms with van der Waals surface area (Å²) >= 11 is 0. The number of halogens is 3. The number of nitrogens with one attached hydrogen (secondary N) is 1. The van der Waals surface area contributed by atoms with E-state index in [9.17, 15) is 22.8 Å². The Labute approximate surface area is 168 Å². The van der Waals surface area contributed by atoms with Gasteiger partial charge in [-0.1, -0.05) is 50.6 Å². The number of carbonyl (C=O) groups excluding carboxylic acids is 2. The lowest BCUT2D eigenvalue weighted by Crippen LogP contribution is -2.50. The molecule has 0 bridgehead atoms. The minimum Gasteiger partial charge on any atom is -0.340 e. The van der Waals surface area contributed by atoms with Gasteiger partial charge in [0.05, 0.1) is 5.56 Å². The number of hydrogen-bond donors (Lipinski definition) is 1. The molecule has 4 nitrogen and oxygen atoms in total. The van der Waals surface area contributed by atoms with E-state index in [2.05, 4.69) is 5.32 Å². The summed E-state index contributed by atoms with van der Waals surface area (Å²) in [4.78, 5) is 26.9. The molecule has 2 aromatic carbocycles. The maximum absolute atomic E-state index is 13.0. The topological polar surface area (TPSA) is 49.4 Å². The van der Waals surface area contributed by atoms with Crippen molar-refractivity contribution in [2.45, 2.75) is 39.0 Å². The highest BCUT2D eigenvalue weighted by Gasteiger charge is 2.31. The molecule has 2 amide bonds. The summed E-state index contributed by atoms with van der Waals surface area (Å²) in [5, 5.41) is 2.80. The van der Waals surface area contributed by atoms with E-state index in [0.717, 1.165) is 12.1 Å². The van der Waals surface area contributed by atoms with Crippen molar-refractivity contribution in [3.63, 3.8) is 0 Å². The molecule has 0 radical (unpaired) electrons. The molecule has 0 aliphatic heterocycles. The van der Waals surface area contributed by atoms with Crippen LogP contribution < -0.4 is 5.32 Å². The number of amides is 2. The molecular formula is C22H25F3N2O2. The van der Waals surface area contributed by atoms with Crippen molar-refractivity contribution in [3.8, 4) is 0 Å². The molecule has 0 unspecified atom stereocenters. The summed E-state index contributed by atoms with van der Waals surface area (Å²) in [5.74, 6) is -0.735. The van der Waals surface area contributed by atoms with Crippen molar-refractivity contribution in [2.75, 3.05) is 7.05 Å². The number of hydrogen-bond acceptors (Lipinski definition) is 2. The largest absolute Gasteiger partial charge is 0.416 e. The van der Waals surface area contributed by atoms with Crippen molar-refractivity contribution in [1.82, 2.24) is 10.2 Å². The van der Waals surface area contributed by atoms with Crippen molar-refractivity contribution in [1.29, 1.82) is 0 Å². The number of alkyl halides is 3. The molecule has 1 N–H and O–H groups in total. The van der Waals surface area contributed by atoms with E-state index in [1.54, 1.807) is 37.4 Å². The van der Waals surface area contributed by atoms with E-state index in [4.69, 9.17) is 0 Å². The van der Waals surface area contributed by atoms with Crippen LogP contribution >= 0.6 is 0 Å². The van der Waals surface area contributed by atoms with E-state index in [-0.39, 0.29) is 24.3 Å². The predicted molar refractivity (Wildman–Crippen MR) is 105 cm³/mol. The van der Waals surface area contributed by atoms with Gasteiger partial charge >= 0.3 is 6.18 Å². The Morgan fingerprint density at radius 1 is 1.03 bits per heavy atom. The first-order valence-electron chi connectivity index (χ1n) is 9.40. The number of carbonyl (C=O) groups is 2. The summed E-state index contributed by atoms with van der Waals surface area (Å²) < 4.78 is 38.1. The molecule has 0 aliphatic rings. The maximum Gasteiger partial charge on any atom is 0.416 e. The van der Waals surface area contributed by atoms with Gasteiger partial charge in [0.15, 0.2) is 0 Å². The molecule has 0 saturated carbocycles. The number of rotatable bonds is 7. The summed E-state index contributed by atoms with van der Waals surface area (Å²) in [6.45, 7) is 3.94. The Kier molecular flexibility index (Phi) is 7.42. The smallest absolute Gasteiger partial charge is 0.340 e. The van der Waals surface area contributed by atoms with Gasteiger partial charge in [-0.25, -0.2) is 0 Å². The normalized spacial score (nSPS) is 13.4. The molecule has 2 aromatic rings. The van der Waals surface area contributed by atoms with E-state index < -0.39 is 17.8 Å². The first-order chi connectivity index (χ1) is 13.6. The summed E-state index contributed by atoms with van der Waals surface area (Å²) in [7, 11) is 1.57. The van der Waals surface area contributed by atoms with Gasteiger partial charge in [0.25, 0.3) is 5.91 Å². The van der Waals surface area contributed by atoms with Crippen LogP contribution in [0.5, 0.6) is 0 Å². The lowest BCUT2D eigenvalue weighted by atomic mass is 9.97. The maximum atomic E-state index is 13.0. The summed E-state index contributed by atoms with van der Waals surface area (Å²) in [6.07, 6.45) is -3.72. The SMILES string of the molecule is CC[C@H](C)[C@H](NC(=O)c1ccccc1)C(=O)N(C)Cc1ccc(C(F)(F)F)cc1. The molecule has 0 aliphatic carbocycles. The zero-order valence-electron chi connectivity index (χ0n) is 16.7. The van der Waals surface area contributed by atoms with E-state index in [1.165, 1.54) is 17.0 Å². The van der Waals surface area contributed by atoms with Crippen LogP contribution in [0, 0.1) is 5.92 Å². The Bertz CT molecular complexity index is 820. The fraction of sp³-hybridized carbons (Fsp3) is 0.364. The molecule has 0 saturated heterocycles. The van der Waals surface area contributed by atoms with Gasteiger partial charge in [-0.15, -0.1) is 0 Å². The lowest BCUT2D eigenvalue weighted by Gasteiger charge is -2.28. The second-order valence-electron chi connectivity index (χ2n) is 7.09. The Hall–Kier alpha value is -2.83. The predicted octanol–water partition coefficient (Wildman–Crippen LogP) is 4.51. The Balaban J connectivity index is 2.10. The van der Waals surface area contributed by atoms with Crippen LogP contribution in [0.2, 0.25) is 0 Å². The number of likely N-dealkylation sites (N-methyl/N-ethyl adjacent to an activating group) is 1. The van der Waals surface area contributed by atoms with Crippen LogP contribution in [0.15, 0.2) is 54.6 Å². The van der Waals surface area contributed by atoms with Gasteiger partial charge in [0, 0.05) is 19.2 Å². The Morgan fingerprint density at radius 2 is 1.62 bits per heavy atom. The first kappa shape index (κ1) is 22.5. The lowest BCUT2D eigenvalue weighted by molar-refractivity contribution is -0.137. The van der Waals surface area contributed by atoms with Gasteiger partial charge in [-0.2, -0.15) is 13.2 Å². The van der Waals surface area contributed by atoms with Gasteiger partial charge < -0.3 is 10.2 Å². The Morgan fingerprint density at radius 3 is 2.14 bits per heavy atom. The third-order valence-corrected chi connectivity index (χ3v) is 4.88. The molecular weight excluding hydrogens is 381 g/mol. The van der Waals surface area contributed by atoms with Crippen LogP contribution in [0.4, 0.5) is 13.2 Å². The standard InChI is InChI=1S/C22H25F3N2O2/c1-4-15(2)19(26-20(28)17-8-6-5-7-9-17)21(29)27(3)14-16-10-12-18(13-11-16)22(23,24)25/h5-13,15,19H,4,14H2,1-3H3,(H,26,28)/t15-,19-/m0/s1. The van der Waals surface area contributed by atoms with Crippen molar-refractivity contribution in [2.24, 2.45) is 5.92 Å². The third-order valence-electron chi connectivity index (χ3n) is 4.88. The van der Waals surface area contributed by atoms with Gasteiger partial charge in [-0.05, 0) is 35.7 Å². The summed E-state index contributed by atoms with van der Waals surface area (Å²) in [5.41, 5.74) is 0.299. The minimum atomic E-state index is -4.40. The number of nitrogens with zero attached hydrogens (tertiary/aromatic N) is 1. The zero-order valence-corrected chi connectivity index (χ0v) is 16.7. The number of benzene rings is 2. The highest BCUT2D eigenvalue weighted by atomic mass is 19.4. The van der Waals surface area contributed by atoms with Crippen LogP contribution in [0.1, 0.15) is 41.8 Å². The van der Waals surface area contributed by atoms with Gasteiger partial charge in [0.2, 0.25) is 5.91 Å². The summed E-state index contributed by atoms with van der Waals surface area (Å²) in [6, 6.07) is 12.6. The quantitative estimate of drug-likeness (QED) is 0.736. The van der Waals surface area contributed by atoms with Crippen molar-refractivity contribution >= 4 is 11.8 Å². The van der Waals surface area contributed by atoms with Crippen molar-refractivity contribution in [3.05, 3.63) is 71.3 Å². The average Bonchev–Trinajstić information content (AvgIpc) is 2.71. The highest BCUT2D eigenvalue weighted by molar-refractivity contribution is 5.97. The van der Waals surface area contributed by atoms with E-state index >= 15 is 0 Å². The molecule has 29 heavy (non-hydrogen) atoms. The molecule has 2 atom stereocenters. The second-order valence-corrected chi connectivity index (χ2v) is 7.09. The van der Waals surface area contributed by atoms with E-state index in [0.29, 0.717) is 17.5 Å². The first-order valence-corrected chi connectivity index (χ1v) is 9.40. The van der Waals surface area contributed by atoms with Crippen LogP contribution in [-0.2, 0) is 17.5 Å². The van der Waals surface area contributed by atoms with Crippen molar-refractivity contribution < 1.29 is 22.8 Å². The monoisotopic (exact) mass is 406 g/mol. The average molecular weight is 406 g/mol. The molecule has 0 aromatic heterocycles. The second kappa shape index (κ2) is 9.58. The molecule has 7 heteroatoms. The van der Waals surface area contributed by atoms with E-state index in [1.807, 2.05) is 13.8 Å². The fourth-order valence-corrected chi connectivity index (χ4v) is 2.89. The molecule has 0 heterocycles. The minimum absolute atomic E-state index is 0.106. The van der Waals surface area contributed by atoms with Crippen LogP contribution in [0.3, 0.4) is 0 Å². The fourth-order valence-electron chi connectivity index (χ4n) is 2.89. The van der Waals surface area contributed by atoms with Crippen LogP contribution in [-0.4, -0.2) is 29.8 Å². The van der Waals surface area contributed by atoms with Gasteiger partial charge in [0.1, 0.15) is 6.04 Å². The molecule has 0 spiro atoms. The molecule has 156 valence electrons. The molecule has 0 fully saturated rings.